The van der Waals surface area contributed by atoms with Gasteiger partial charge in [-0.1, -0.05) is 149 Å². The van der Waals surface area contributed by atoms with E-state index in [-0.39, 0.29) is 30.7 Å². The zero-order valence-electron chi connectivity index (χ0n) is 37.7. The molecule has 9 N–H and O–H groups in total. The zero-order chi connectivity index (χ0) is 44.2. The Morgan fingerprint density at radius 1 is 0.567 bits per heavy atom. The lowest BCUT2D eigenvalue weighted by Gasteiger charge is -2.40. The van der Waals surface area contributed by atoms with Crippen LogP contribution in [0.4, 0.5) is 0 Å². The third-order valence-electron chi connectivity index (χ3n) is 11.7. The molecule has 354 valence electrons. The van der Waals surface area contributed by atoms with Gasteiger partial charge in [0, 0.05) is 32.4 Å². The summed E-state index contributed by atoms with van der Waals surface area (Å²) in [4.78, 5) is 36.3. The SMILES string of the molecule is CCCCCCCCCCCCCC[C@@H](O)[C@@H](O)[C@H](CO[C@H]1OC(CO)[C@H](O)[C@H](O)C1O)NC(=O)CCCCCCCCCCCNC(=O)CCCCCCNC(=O)CC. The number of rotatable bonds is 40. The molecule has 0 aromatic carbocycles. The van der Waals surface area contributed by atoms with E-state index >= 15 is 0 Å². The summed E-state index contributed by atoms with van der Waals surface area (Å²) < 4.78 is 11.1. The average molecular weight is 860 g/mol. The third kappa shape index (κ3) is 27.9. The first-order chi connectivity index (χ1) is 29.0. The van der Waals surface area contributed by atoms with Gasteiger partial charge in [-0.15, -0.1) is 0 Å². The maximum atomic E-state index is 13.0. The molecule has 1 heterocycles. The van der Waals surface area contributed by atoms with Crippen molar-refractivity contribution in [2.45, 2.75) is 249 Å². The molecule has 0 aromatic rings. The van der Waals surface area contributed by atoms with Crippen LogP contribution in [0.2, 0.25) is 0 Å². The van der Waals surface area contributed by atoms with Crippen molar-refractivity contribution in [2.24, 2.45) is 0 Å². The highest BCUT2D eigenvalue weighted by atomic mass is 16.7. The molecule has 0 bridgehead atoms. The summed E-state index contributed by atoms with van der Waals surface area (Å²) in [5.74, 6) is -0.106. The van der Waals surface area contributed by atoms with E-state index in [4.69, 9.17) is 9.47 Å². The van der Waals surface area contributed by atoms with E-state index in [0.29, 0.717) is 38.8 Å². The summed E-state index contributed by atoms with van der Waals surface area (Å²) in [7, 11) is 0. The van der Waals surface area contributed by atoms with Gasteiger partial charge in [0.15, 0.2) is 6.29 Å². The van der Waals surface area contributed by atoms with Gasteiger partial charge in [-0.2, -0.15) is 0 Å². The number of aliphatic hydroxyl groups is 6. The second-order valence-electron chi connectivity index (χ2n) is 17.1. The normalized spacial score (nSPS) is 20.7. The van der Waals surface area contributed by atoms with E-state index in [2.05, 4.69) is 22.9 Å². The van der Waals surface area contributed by atoms with Gasteiger partial charge < -0.3 is 56.1 Å². The number of carbonyl (C=O) groups excluding carboxylic acids is 3. The van der Waals surface area contributed by atoms with Gasteiger partial charge >= 0.3 is 0 Å². The van der Waals surface area contributed by atoms with Gasteiger partial charge in [0.1, 0.15) is 30.5 Å². The molecule has 14 nitrogen and oxygen atoms in total. The molecule has 8 atom stereocenters. The third-order valence-corrected chi connectivity index (χ3v) is 11.7. The molecule has 1 rings (SSSR count). The molecule has 2 unspecified atom stereocenters. The summed E-state index contributed by atoms with van der Waals surface area (Å²) in [6, 6.07) is -1.02. The van der Waals surface area contributed by atoms with Crippen LogP contribution in [0.3, 0.4) is 0 Å². The van der Waals surface area contributed by atoms with Crippen LogP contribution in [-0.4, -0.2) is 124 Å². The van der Waals surface area contributed by atoms with Crippen molar-refractivity contribution in [3.63, 3.8) is 0 Å². The van der Waals surface area contributed by atoms with Crippen molar-refractivity contribution in [3.8, 4) is 0 Å². The van der Waals surface area contributed by atoms with E-state index in [0.717, 1.165) is 103 Å². The quantitative estimate of drug-likeness (QED) is 0.0345. The minimum Gasteiger partial charge on any atom is -0.394 e. The highest BCUT2D eigenvalue weighted by molar-refractivity contribution is 5.76. The van der Waals surface area contributed by atoms with Gasteiger partial charge in [-0.25, -0.2) is 0 Å². The van der Waals surface area contributed by atoms with Crippen LogP contribution >= 0.6 is 0 Å². The Labute approximate surface area is 362 Å². The second kappa shape index (κ2) is 37.6. The van der Waals surface area contributed by atoms with Crippen molar-refractivity contribution in [1.29, 1.82) is 0 Å². The monoisotopic (exact) mass is 860 g/mol. The van der Waals surface area contributed by atoms with E-state index < -0.39 is 55.6 Å². The molecule has 1 fully saturated rings. The first-order valence-electron chi connectivity index (χ1n) is 24.2. The zero-order valence-corrected chi connectivity index (χ0v) is 37.7. The molecular formula is C46H89N3O11. The van der Waals surface area contributed by atoms with E-state index in [9.17, 15) is 45.0 Å². The molecule has 60 heavy (non-hydrogen) atoms. The Morgan fingerprint density at radius 2 is 1.02 bits per heavy atom. The summed E-state index contributed by atoms with van der Waals surface area (Å²) in [6.07, 6.45) is 18.8. The second-order valence-corrected chi connectivity index (χ2v) is 17.1. The lowest BCUT2D eigenvalue weighted by Crippen LogP contribution is -2.60. The molecular weight excluding hydrogens is 771 g/mol. The lowest BCUT2D eigenvalue weighted by atomic mass is 9.98. The van der Waals surface area contributed by atoms with Crippen molar-refractivity contribution in [3.05, 3.63) is 0 Å². The largest absolute Gasteiger partial charge is 0.394 e. The molecule has 14 heteroatoms. The van der Waals surface area contributed by atoms with Gasteiger partial charge in [-0.3, -0.25) is 14.4 Å². The van der Waals surface area contributed by atoms with Crippen molar-refractivity contribution in [1.82, 2.24) is 16.0 Å². The smallest absolute Gasteiger partial charge is 0.220 e. The molecule has 0 radical (unpaired) electrons. The fourth-order valence-electron chi connectivity index (χ4n) is 7.62. The fraction of sp³-hybridized carbons (Fsp3) is 0.935. The number of aliphatic hydroxyl groups excluding tert-OH is 6. The maximum Gasteiger partial charge on any atom is 0.220 e. The summed E-state index contributed by atoms with van der Waals surface area (Å²) in [5, 5.41) is 71.0. The molecule has 0 aliphatic carbocycles. The molecule has 1 saturated heterocycles. The maximum absolute atomic E-state index is 13.0. The van der Waals surface area contributed by atoms with Crippen molar-refractivity contribution in [2.75, 3.05) is 26.3 Å². The Kier molecular flexibility index (Phi) is 35.2. The molecule has 0 spiro atoms. The van der Waals surface area contributed by atoms with Gasteiger partial charge in [0.2, 0.25) is 17.7 Å². The van der Waals surface area contributed by atoms with Crippen LogP contribution in [0, 0.1) is 0 Å². The number of ether oxygens (including phenoxy) is 2. The highest BCUT2D eigenvalue weighted by Crippen LogP contribution is 2.23. The minimum absolute atomic E-state index is 0.0802. The first kappa shape index (κ1) is 56.1. The van der Waals surface area contributed by atoms with E-state index in [1.165, 1.54) is 51.4 Å². The predicted octanol–water partition coefficient (Wildman–Crippen LogP) is 5.59. The standard InChI is InChI=1S/C46H89N3O11/c1-3-5-6-7-8-9-10-11-13-16-19-24-29-37(51)42(55)36(35-59-46-45(58)44(57)43(56)38(34-50)60-46)49-41(54)31-26-20-17-14-12-15-18-22-27-33-48-40(53)30-25-21-23-28-32-47-39(52)4-2/h36-38,42-46,50-51,55-58H,3-35H2,1-2H3,(H,47,52)(H,48,53)(H,49,54)/t36-,37+,38?,42-,43-,44-,45?,46-/m0/s1. The van der Waals surface area contributed by atoms with Crippen molar-refractivity contribution < 1.29 is 54.5 Å². The Morgan fingerprint density at radius 3 is 1.52 bits per heavy atom. The number of unbranched alkanes of at least 4 members (excludes halogenated alkanes) is 22. The summed E-state index contributed by atoms with van der Waals surface area (Å²) in [6.45, 7) is 4.54. The van der Waals surface area contributed by atoms with Crippen LogP contribution in [0.5, 0.6) is 0 Å². The first-order valence-corrected chi connectivity index (χ1v) is 24.2. The fourth-order valence-corrected chi connectivity index (χ4v) is 7.62. The van der Waals surface area contributed by atoms with Gasteiger partial charge in [0.25, 0.3) is 0 Å². The summed E-state index contributed by atoms with van der Waals surface area (Å²) in [5.41, 5.74) is 0. The molecule has 0 saturated carbocycles. The number of amides is 3. The lowest BCUT2D eigenvalue weighted by molar-refractivity contribution is -0.303. The molecule has 3 amide bonds. The number of hydrogen-bond donors (Lipinski definition) is 9. The van der Waals surface area contributed by atoms with Gasteiger partial charge in [-0.05, 0) is 32.1 Å². The predicted molar refractivity (Wildman–Crippen MR) is 235 cm³/mol. The molecule has 1 aliphatic rings. The number of hydrogen-bond acceptors (Lipinski definition) is 11. The van der Waals surface area contributed by atoms with Gasteiger partial charge in [0.05, 0.1) is 25.4 Å². The Balaban J connectivity index is 2.32. The molecule has 0 aromatic heterocycles. The van der Waals surface area contributed by atoms with Crippen LogP contribution < -0.4 is 16.0 Å². The van der Waals surface area contributed by atoms with Crippen LogP contribution in [0.1, 0.15) is 200 Å². The van der Waals surface area contributed by atoms with E-state index in [1.807, 2.05) is 6.92 Å². The molecule has 1 aliphatic heterocycles. The topological polar surface area (TPSA) is 227 Å². The Bertz CT molecular complexity index is 1060. The number of nitrogens with one attached hydrogen (secondary N) is 3. The van der Waals surface area contributed by atoms with Crippen LogP contribution in [0.25, 0.3) is 0 Å². The number of carbonyl (C=O) groups is 3. The van der Waals surface area contributed by atoms with Crippen LogP contribution in [-0.2, 0) is 23.9 Å². The van der Waals surface area contributed by atoms with Crippen molar-refractivity contribution >= 4 is 17.7 Å². The highest BCUT2D eigenvalue weighted by Gasteiger charge is 2.44. The van der Waals surface area contributed by atoms with E-state index in [1.54, 1.807) is 0 Å². The average Bonchev–Trinajstić information content (AvgIpc) is 3.24. The van der Waals surface area contributed by atoms with Crippen LogP contribution in [0.15, 0.2) is 0 Å². The minimum atomic E-state index is -1.62. The summed E-state index contributed by atoms with van der Waals surface area (Å²) >= 11 is 0. The Hall–Kier alpha value is -1.91.